The maximum Gasteiger partial charge on any atom is 0.227 e. The van der Waals surface area contributed by atoms with Gasteiger partial charge in [-0.2, -0.15) is 0 Å². The van der Waals surface area contributed by atoms with E-state index in [1.54, 1.807) is 0 Å². The normalized spacial score (nSPS) is 10.6. The third kappa shape index (κ3) is 4.80. The lowest BCUT2D eigenvalue weighted by Gasteiger charge is -2.26. The van der Waals surface area contributed by atoms with Crippen molar-refractivity contribution < 1.29 is 4.79 Å². The van der Waals surface area contributed by atoms with Gasteiger partial charge in [-0.1, -0.05) is 44.0 Å². The Morgan fingerprint density at radius 3 is 2.65 bits per heavy atom. The highest BCUT2D eigenvalue weighted by Gasteiger charge is 2.16. The first kappa shape index (κ1) is 14.7. The summed E-state index contributed by atoms with van der Waals surface area (Å²) in [6.45, 7) is 4.84. The lowest BCUT2D eigenvalue weighted by molar-refractivity contribution is -0.131. The first-order chi connectivity index (χ1) is 8.04. The molecule has 0 heterocycles. The first-order valence-corrected chi connectivity index (χ1v) is 7.56. The smallest absolute Gasteiger partial charge is 0.227 e. The molecule has 0 fully saturated rings. The zero-order chi connectivity index (χ0) is 12.8. The maximum atomic E-state index is 12.1. The Morgan fingerprint density at radius 2 is 2.12 bits per heavy atom. The molecule has 0 spiro atoms. The zero-order valence-corrected chi connectivity index (χ0v) is 13.3. The van der Waals surface area contributed by atoms with Crippen LogP contribution in [0, 0.1) is 0 Å². The molecule has 0 aliphatic rings. The molecule has 0 N–H and O–H groups in total. The summed E-state index contributed by atoms with van der Waals surface area (Å²) in [4.78, 5) is 14.0. The second-order valence-electron chi connectivity index (χ2n) is 4.18. The molecule has 0 unspecified atom stereocenters. The largest absolute Gasteiger partial charge is 0.339 e. The molecule has 94 valence electrons. The minimum Gasteiger partial charge on any atom is -0.339 e. The number of amides is 1. The highest BCUT2D eigenvalue weighted by atomic mass is 79.9. The van der Waals surface area contributed by atoms with Crippen molar-refractivity contribution in [3.8, 4) is 0 Å². The van der Waals surface area contributed by atoms with E-state index in [9.17, 15) is 4.79 Å². The molecule has 1 amide bonds. The fraction of sp³-hybridized carbons (Fsp3) is 0.462. The second-order valence-corrected chi connectivity index (χ2v) is 5.89. The van der Waals surface area contributed by atoms with Crippen molar-refractivity contribution in [1.29, 1.82) is 0 Å². The van der Waals surface area contributed by atoms with E-state index >= 15 is 0 Å². The molecule has 0 radical (unpaired) electrons. The number of hydrogen-bond acceptors (Lipinski definition) is 1. The number of alkyl halides is 1. The van der Waals surface area contributed by atoms with Gasteiger partial charge in [0.1, 0.15) is 0 Å². The minimum absolute atomic E-state index is 0.178. The number of carbonyl (C=O) groups is 1. The van der Waals surface area contributed by atoms with Gasteiger partial charge in [-0.15, -0.1) is 0 Å². The van der Waals surface area contributed by atoms with Gasteiger partial charge in [-0.3, -0.25) is 4.79 Å². The van der Waals surface area contributed by atoms with E-state index in [0.29, 0.717) is 6.42 Å². The van der Waals surface area contributed by atoms with Gasteiger partial charge >= 0.3 is 0 Å². The minimum atomic E-state index is 0.178. The molecule has 0 saturated heterocycles. The van der Waals surface area contributed by atoms with E-state index in [0.717, 1.165) is 21.9 Å². The van der Waals surface area contributed by atoms with Crippen LogP contribution in [-0.4, -0.2) is 28.7 Å². The summed E-state index contributed by atoms with van der Waals surface area (Å²) in [6, 6.07) is 8.14. The molecule has 1 aromatic carbocycles. The van der Waals surface area contributed by atoms with Crippen molar-refractivity contribution >= 4 is 37.8 Å². The molecule has 1 rings (SSSR count). The van der Waals surface area contributed by atoms with Gasteiger partial charge in [0.2, 0.25) is 5.91 Å². The third-order valence-corrected chi connectivity index (χ3v) is 3.36. The van der Waals surface area contributed by atoms with Gasteiger partial charge in [0, 0.05) is 22.4 Å². The van der Waals surface area contributed by atoms with Crippen LogP contribution in [-0.2, 0) is 11.2 Å². The Hall–Kier alpha value is -0.350. The summed E-state index contributed by atoms with van der Waals surface area (Å²) in [7, 11) is 0. The summed E-state index contributed by atoms with van der Waals surface area (Å²) >= 11 is 6.80. The second kappa shape index (κ2) is 7.17. The number of halogens is 2. The summed E-state index contributed by atoms with van der Waals surface area (Å²) < 4.78 is 1.01. The molecule has 17 heavy (non-hydrogen) atoms. The highest BCUT2D eigenvalue weighted by Crippen LogP contribution is 2.13. The Morgan fingerprint density at radius 1 is 1.41 bits per heavy atom. The average molecular weight is 363 g/mol. The van der Waals surface area contributed by atoms with Crippen LogP contribution in [0.25, 0.3) is 0 Å². The fourth-order valence-electron chi connectivity index (χ4n) is 1.69. The SMILES string of the molecule is CC(C)N(CCBr)C(=O)Cc1cccc(Br)c1. The van der Waals surface area contributed by atoms with Crippen LogP contribution < -0.4 is 0 Å². The molecule has 0 atom stereocenters. The Kier molecular flexibility index (Phi) is 6.20. The van der Waals surface area contributed by atoms with Crippen LogP contribution in [0.1, 0.15) is 19.4 Å². The predicted octanol–water partition coefficient (Wildman–Crippen LogP) is 3.62. The van der Waals surface area contributed by atoms with Crippen molar-refractivity contribution in [2.45, 2.75) is 26.3 Å². The highest BCUT2D eigenvalue weighted by molar-refractivity contribution is 9.10. The van der Waals surface area contributed by atoms with Crippen LogP contribution >= 0.6 is 31.9 Å². The first-order valence-electron chi connectivity index (χ1n) is 5.64. The van der Waals surface area contributed by atoms with Crippen molar-refractivity contribution in [2.24, 2.45) is 0 Å². The Labute approximate surface area is 120 Å². The topological polar surface area (TPSA) is 20.3 Å². The van der Waals surface area contributed by atoms with Crippen molar-refractivity contribution in [2.75, 3.05) is 11.9 Å². The molecule has 1 aromatic rings. The van der Waals surface area contributed by atoms with E-state index in [1.807, 2.05) is 43.0 Å². The molecule has 0 aliphatic carbocycles. The van der Waals surface area contributed by atoms with Crippen LogP contribution in [0.2, 0.25) is 0 Å². The molecule has 0 bridgehead atoms. The Bertz CT molecular complexity index is 379. The molecule has 0 saturated carbocycles. The average Bonchev–Trinajstić information content (AvgIpc) is 2.25. The van der Waals surface area contributed by atoms with Crippen LogP contribution in [0.4, 0.5) is 0 Å². The summed E-state index contributed by atoms with van der Waals surface area (Å²) in [5.41, 5.74) is 1.05. The van der Waals surface area contributed by atoms with E-state index < -0.39 is 0 Å². The van der Waals surface area contributed by atoms with E-state index in [4.69, 9.17) is 0 Å². The van der Waals surface area contributed by atoms with Crippen molar-refractivity contribution in [1.82, 2.24) is 4.90 Å². The van der Waals surface area contributed by atoms with Crippen LogP contribution in [0.5, 0.6) is 0 Å². The van der Waals surface area contributed by atoms with Gasteiger partial charge in [-0.25, -0.2) is 0 Å². The van der Waals surface area contributed by atoms with E-state index in [2.05, 4.69) is 31.9 Å². The van der Waals surface area contributed by atoms with E-state index in [1.165, 1.54) is 0 Å². The summed E-state index contributed by atoms with van der Waals surface area (Å²) in [5, 5.41) is 0.815. The predicted molar refractivity (Wildman–Crippen MR) is 78.5 cm³/mol. The fourth-order valence-corrected chi connectivity index (χ4v) is 2.51. The number of hydrogen-bond donors (Lipinski definition) is 0. The van der Waals surface area contributed by atoms with Crippen molar-refractivity contribution in [3.63, 3.8) is 0 Å². The number of benzene rings is 1. The number of rotatable bonds is 5. The van der Waals surface area contributed by atoms with Gasteiger partial charge in [-0.05, 0) is 31.5 Å². The van der Waals surface area contributed by atoms with Crippen molar-refractivity contribution in [3.05, 3.63) is 34.3 Å². The van der Waals surface area contributed by atoms with Gasteiger partial charge in [0.05, 0.1) is 6.42 Å². The molecular formula is C13H17Br2NO. The maximum absolute atomic E-state index is 12.1. The Balaban J connectivity index is 2.69. The van der Waals surface area contributed by atoms with E-state index in [-0.39, 0.29) is 11.9 Å². The summed E-state index contributed by atoms with van der Waals surface area (Å²) in [5.74, 6) is 0.178. The number of nitrogens with zero attached hydrogens (tertiary/aromatic N) is 1. The molecule has 2 nitrogen and oxygen atoms in total. The zero-order valence-electron chi connectivity index (χ0n) is 10.1. The quantitative estimate of drug-likeness (QED) is 0.732. The molecular weight excluding hydrogens is 346 g/mol. The lowest BCUT2D eigenvalue weighted by atomic mass is 10.1. The molecule has 0 aliphatic heterocycles. The van der Waals surface area contributed by atoms with Gasteiger partial charge < -0.3 is 4.90 Å². The van der Waals surface area contributed by atoms with Crippen LogP contribution in [0.3, 0.4) is 0 Å². The summed E-state index contributed by atoms with van der Waals surface area (Å²) in [6.07, 6.45) is 0.463. The molecule has 0 aromatic heterocycles. The monoisotopic (exact) mass is 361 g/mol. The third-order valence-electron chi connectivity index (χ3n) is 2.51. The van der Waals surface area contributed by atoms with Gasteiger partial charge in [0.15, 0.2) is 0 Å². The van der Waals surface area contributed by atoms with Gasteiger partial charge in [0.25, 0.3) is 0 Å². The molecule has 4 heteroatoms. The number of carbonyl (C=O) groups excluding carboxylic acids is 1. The standard InChI is InChI=1S/C13H17Br2NO/c1-10(2)16(7-6-14)13(17)9-11-4-3-5-12(15)8-11/h3-5,8,10H,6-7,9H2,1-2H3. The lowest BCUT2D eigenvalue weighted by Crippen LogP contribution is -2.39. The van der Waals surface area contributed by atoms with Crippen LogP contribution in [0.15, 0.2) is 28.7 Å².